The second-order valence-electron chi connectivity index (χ2n) is 9.48. The number of fused-ring (bicyclic) bond motifs is 2. The molecule has 0 bridgehead atoms. The van der Waals surface area contributed by atoms with Gasteiger partial charge in [0.1, 0.15) is 29.1 Å². The number of hydrogen-bond donors (Lipinski definition) is 2. The van der Waals surface area contributed by atoms with Gasteiger partial charge in [-0.1, -0.05) is 6.07 Å². The summed E-state index contributed by atoms with van der Waals surface area (Å²) in [6.45, 7) is 0.978. The lowest BCUT2D eigenvalue weighted by molar-refractivity contribution is 0.0766. The van der Waals surface area contributed by atoms with Crippen LogP contribution in [-0.2, 0) is 6.54 Å². The highest BCUT2D eigenvalue weighted by atomic mass is 19.1. The largest absolute Gasteiger partial charge is 0.496 e. The van der Waals surface area contributed by atoms with Crippen molar-refractivity contribution in [3.8, 4) is 17.0 Å². The smallest absolute Gasteiger partial charge is 0.251 e. The van der Waals surface area contributed by atoms with Gasteiger partial charge in [0, 0.05) is 60.3 Å². The lowest BCUT2D eigenvalue weighted by Crippen LogP contribution is -2.53. The molecule has 1 fully saturated rings. The molecule has 2 aromatic carbocycles. The first kappa shape index (κ1) is 24.1. The van der Waals surface area contributed by atoms with Gasteiger partial charge in [-0.3, -0.25) is 14.8 Å². The number of carbonyl (C=O) groups excluding carboxylic acids is 1. The summed E-state index contributed by atoms with van der Waals surface area (Å²) >= 11 is 0. The van der Waals surface area contributed by atoms with Crippen LogP contribution in [0.3, 0.4) is 0 Å². The molecule has 0 aliphatic carbocycles. The zero-order valence-corrected chi connectivity index (χ0v) is 20.7. The fourth-order valence-corrected chi connectivity index (χ4v) is 5.06. The molecule has 2 N–H and O–H groups in total. The van der Waals surface area contributed by atoms with Gasteiger partial charge >= 0.3 is 0 Å². The highest BCUT2D eigenvalue weighted by molar-refractivity contribution is 6.01. The summed E-state index contributed by atoms with van der Waals surface area (Å²) in [5, 5.41) is 11.1. The van der Waals surface area contributed by atoms with Crippen LogP contribution in [0.15, 0.2) is 67.1 Å². The van der Waals surface area contributed by atoms with Crippen LogP contribution in [0.25, 0.3) is 27.8 Å². The average molecular weight is 517 g/mol. The van der Waals surface area contributed by atoms with E-state index in [0.29, 0.717) is 29.1 Å². The fraction of sp³-hybridized carbons (Fsp3) is 0.250. The molecule has 0 saturated carbocycles. The van der Waals surface area contributed by atoms with Crippen LogP contribution in [0.2, 0.25) is 0 Å². The van der Waals surface area contributed by atoms with Gasteiger partial charge in [0.2, 0.25) is 0 Å². The molecule has 0 radical (unpaired) electrons. The maximum absolute atomic E-state index is 14.9. The first-order valence-corrected chi connectivity index (χ1v) is 12.4. The molecule has 3 aromatic heterocycles. The summed E-state index contributed by atoms with van der Waals surface area (Å²) in [6.07, 6.45) is 4.55. The number of likely N-dealkylation sites (tertiary alicyclic amines) is 1. The molecule has 4 heterocycles. The Morgan fingerprint density at radius 2 is 2.13 bits per heavy atom. The quantitative estimate of drug-likeness (QED) is 0.350. The lowest BCUT2D eigenvalue weighted by atomic mass is 10.0. The maximum atomic E-state index is 14.9. The number of ether oxygens (including phenoxy) is 1. The Bertz CT molecular complexity index is 1630. The Labute approximate surface area is 217 Å². The summed E-state index contributed by atoms with van der Waals surface area (Å²) in [5.41, 5.74) is 4.01. The lowest BCUT2D eigenvalue weighted by Gasteiger charge is -2.35. The Morgan fingerprint density at radius 3 is 3.00 bits per heavy atom. The number of rotatable bonds is 6. The van der Waals surface area contributed by atoms with Gasteiger partial charge in [-0.25, -0.2) is 13.8 Å². The predicted molar refractivity (Wildman–Crippen MR) is 139 cm³/mol. The summed E-state index contributed by atoms with van der Waals surface area (Å²) < 4.78 is 36.5. The number of halogens is 2. The van der Waals surface area contributed by atoms with Crippen molar-refractivity contribution in [3.63, 3.8) is 0 Å². The van der Waals surface area contributed by atoms with Crippen LogP contribution >= 0.6 is 0 Å². The second kappa shape index (κ2) is 9.86. The van der Waals surface area contributed by atoms with Gasteiger partial charge in [-0.2, -0.15) is 5.10 Å². The molecule has 2 unspecified atom stereocenters. The number of piperidine rings is 1. The van der Waals surface area contributed by atoms with Gasteiger partial charge in [-0.15, -0.1) is 0 Å². The summed E-state index contributed by atoms with van der Waals surface area (Å²) in [4.78, 5) is 19.4. The molecule has 1 aliphatic heterocycles. The minimum Gasteiger partial charge on any atom is -0.496 e. The molecule has 38 heavy (non-hydrogen) atoms. The van der Waals surface area contributed by atoms with E-state index in [1.54, 1.807) is 36.5 Å². The van der Waals surface area contributed by atoms with Gasteiger partial charge in [0.15, 0.2) is 0 Å². The average Bonchev–Trinajstić information content (AvgIpc) is 3.57. The molecular weight excluding hydrogens is 490 g/mol. The topological polar surface area (TPSA) is 87.5 Å². The maximum Gasteiger partial charge on any atom is 0.251 e. The number of methoxy groups -OCH3 is 1. The van der Waals surface area contributed by atoms with Crippen molar-refractivity contribution in [2.45, 2.75) is 25.2 Å². The molecule has 10 heteroatoms. The molecule has 1 aliphatic rings. The standard InChI is InChI=1S/C28H26F2N6O2/c1-38-25-4-2-3-21(29)20(25)15-35-11-9-22(30)24(16-35)32-28(37)17-5-7-23-19(13-17)27(34-33-23)18-6-8-26-31-10-12-36(26)14-18/h2-8,10,12-14,22,24H,9,11,15-16H2,1H3,(H,32,37)(H,33,34). The van der Waals surface area contributed by atoms with Crippen LogP contribution < -0.4 is 10.1 Å². The van der Waals surface area contributed by atoms with Gasteiger partial charge in [0.25, 0.3) is 5.91 Å². The fourth-order valence-electron chi connectivity index (χ4n) is 5.06. The van der Waals surface area contributed by atoms with Crippen molar-refractivity contribution in [2.24, 2.45) is 0 Å². The molecular formula is C28H26F2N6O2. The molecule has 5 aromatic rings. The third-order valence-corrected chi connectivity index (χ3v) is 7.09. The zero-order chi connectivity index (χ0) is 26.2. The minimum absolute atomic E-state index is 0.239. The number of aromatic amines is 1. The number of benzene rings is 2. The number of imidazole rings is 1. The van der Waals surface area contributed by atoms with Crippen molar-refractivity contribution in [3.05, 3.63) is 84.1 Å². The number of alkyl halides is 1. The van der Waals surface area contributed by atoms with E-state index in [2.05, 4.69) is 20.5 Å². The first-order valence-electron chi connectivity index (χ1n) is 12.4. The number of pyridine rings is 1. The SMILES string of the molecule is COc1cccc(F)c1CN1CCC(F)C(NC(=O)c2ccc3[nH]nc(-c4ccc5nccn5c4)c3c2)C1. The Morgan fingerprint density at radius 1 is 1.24 bits per heavy atom. The van der Waals surface area contributed by atoms with Crippen LogP contribution in [-0.4, -0.2) is 62.8 Å². The number of nitrogens with zero attached hydrogens (tertiary/aromatic N) is 4. The zero-order valence-electron chi connectivity index (χ0n) is 20.7. The van der Waals surface area contributed by atoms with Crippen LogP contribution in [0.4, 0.5) is 8.78 Å². The summed E-state index contributed by atoms with van der Waals surface area (Å²) in [6, 6.07) is 13.0. The molecule has 1 saturated heterocycles. The van der Waals surface area contributed by atoms with Gasteiger partial charge in [-0.05, 0) is 48.9 Å². The number of carbonyl (C=O) groups is 1. The second-order valence-corrected chi connectivity index (χ2v) is 9.48. The van der Waals surface area contributed by atoms with E-state index in [1.807, 2.05) is 33.8 Å². The van der Waals surface area contributed by atoms with E-state index in [0.717, 1.165) is 22.1 Å². The van der Waals surface area contributed by atoms with E-state index in [9.17, 15) is 13.6 Å². The van der Waals surface area contributed by atoms with Crippen molar-refractivity contribution >= 4 is 22.5 Å². The monoisotopic (exact) mass is 516 g/mol. The van der Waals surface area contributed by atoms with Crippen LogP contribution in [0, 0.1) is 5.82 Å². The van der Waals surface area contributed by atoms with Gasteiger partial charge in [0.05, 0.1) is 18.7 Å². The third kappa shape index (κ3) is 4.47. The number of aromatic nitrogens is 4. The number of H-pyrrole nitrogens is 1. The van der Waals surface area contributed by atoms with Crippen molar-refractivity contribution in [1.82, 2.24) is 29.8 Å². The molecule has 1 amide bonds. The Kier molecular flexibility index (Phi) is 6.24. The van der Waals surface area contributed by atoms with E-state index in [4.69, 9.17) is 4.74 Å². The number of nitrogens with one attached hydrogen (secondary N) is 2. The van der Waals surface area contributed by atoms with Crippen molar-refractivity contribution in [1.29, 1.82) is 0 Å². The predicted octanol–water partition coefficient (Wildman–Crippen LogP) is 4.37. The molecule has 2 atom stereocenters. The molecule has 0 spiro atoms. The Balaban J connectivity index is 1.21. The van der Waals surface area contributed by atoms with E-state index in [1.165, 1.54) is 13.2 Å². The number of amides is 1. The number of hydrogen-bond acceptors (Lipinski definition) is 5. The minimum atomic E-state index is -1.20. The van der Waals surface area contributed by atoms with E-state index in [-0.39, 0.29) is 31.2 Å². The highest BCUT2D eigenvalue weighted by Gasteiger charge is 2.31. The molecule has 8 nitrogen and oxygen atoms in total. The Hall–Kier alpha value is -4.31. The van der Waals surface area contributed by atoms with Gasteiger partial charge < -0.3 is 14.5 Å². The normalized spacial score (nSPS) is 18.2. The molecule has 194 valence electrons. The van der Waals surface area contributed by atoms with E-state index < -0.39 is 12.2 Å². The summed E-state index contributed by atoms with van der Waals surface area (Å²) in [5.74, 6) is -0.296. The van der Waals surface area contributed by atoms with Crippen molar-refractivity contribution < 1.29 is 18.3 Å². The van der Waals surface area contributed by atoms with Crippen LogP contribution in [0.1, 0.15) is 22.3 Å². The van der Waals surface area contributed by atoms with Crippen molar-refractivity contribution in [2.75, 3.05) is 20.2 Å². The summed E-state index contributed by atoms with van der Waals surface area (Å²) in [7, 11) is 1.49. The van der Waals surface area contributed by atoms with Crippen LogP contribution in [0.5, 0.6) is 5.75 Å². The first-order chi connectivity index (χ1) is 18.5. The van der Waals surface area contributed by atoms with E-state index >= 15 is 0 Å². The third-order valence-electron chi connectivity index (χ3n) is 7.09. The highest BCUT2D eigenvalue weighted by Crippen LogP contribution is 2.28. The molecule has 6 rings (SSSR count).